The summed E-state index contributed by atoms with van der Waals surface area (Å²) in [6.45, 7) is 10.2. The Balaban J connectivity index is 6.15. The normalized spacial score (nSPS) is 15.5. The molecule has 0 spiro atoms. The van der Waals surface area contributed by atoms with Gasteiger partial charge >= 0.3 is 11.9 Å². The maximum Gasteiger partial charge on any atom is 0.321 e. The molecular formula is C12H23NO4. The average Bonchev–Trinajstić information content (AvgIpc) is 1.97. The average molecular weight is 245 g/mol. The minimum absolute atomic E-state index is 0.783. The summed E-state index contributed by atoms with van der Waals surface area (Å²) in [4.78, 5) is 22.9. The highest BCUT2D eigenvalue weighted by molar-refractivity contribution is 5.87. The van der Waals surface area contributed by atoms with Gasteiger partial charge in [-0.2, -0.15) is 0 Å². The van der Waals surface area contributed by atoms with Crippen molar-refractivity contribution in [2.75, 3.05) is 0 Å². The molecule has 0 saturated heterocycles. The third-order valence-corrected chi connectivity index (χ3v) is 3.44. The van der Waals surface area contributed by atoms with Gasteiger partial charge in [-0.05, 0) is 10.8 Å². The van der Waals surface area contributed by atoms with Crippen molar-refractivity contribution in [3.05, 3.63) is 0 Å². The monoisotopic (exact) mass is 245 g/mol. The van der Waals surface area contributed by atoms with Crippen LogP contribution in [-0.2, 0) is 9.59 Å². The van der Waals surface area contributed by atoms with Gasteiger partial charge in [0.05, 0.1) is 0 Å². The van der Waals surface area contributed by atoms with Gasteiger partial charge in [0.2, 0.25) is 0 Å². The van der Waals surface area contributed by atoms with E-state index in [9.17, 15) is 14.7 Å². The smallest absolute Gasteiger partial charge is 0.321 e. The molecule has 0 aromatic carbocycles. The van der Waals surface area contributed by atoms with Crippen LogP contribution in [0.4, 0.5) is 0 Å². The zero-order valence-corrected chi connectivity index (χ0v) is 11.4. The summed E-state index contributed by atoms with van der Waals surface area (Å²) in [5, 5.41) is 18.7. The molecule has 0 rings (SSSR count). The zero-order chi connectivity index (χ0) is 14.2. The lowest BCUT2D eigenvalue weighted by Gasteiger charge is -2.52. The highest BCUT2D eigenvalue weighted by Gasteiger charge is 2.62. The first-order valence-corrected chi connectivity index (χ1v) is 5.52. The van der Waals surface area contributed by atoms with Crippen molar-refractivity contribution >= 4 is 11.9 Å². The molecule has 0 unspecified atom stereocenters. The van der Waals surface area contributed by atoms with Crippen LogP contribution in [0, 0.1) is 16.2 Å². The number of nitrogens with two attached hydrogens (primary N) is 1. The molecule has 5 nitrogen and oxygen atoms in total. The minimum Gasteiger partial charge on any atom is -0.481 e. The van der Waals surface area contributed by atoms with Gasteiger partial charge in [0.25, 0.3) is 0 Å². The van der Waals surface area contributed by atoms with E-state index in [0.717, 1.165) is 0 Å². The van der Waals surface area contributed by atoms with Gasteiger partial charge in [-0.1, -0.05) is 41.5 Å². The fourth-order valence-corrected chi connectivity index (χ4v) is 3.02. The Bertz CT molecular complexity index is 308. The molecule has 4 N–H and O–H groups in total. The van der Waals surface area contributed by atoms with Crippen LogP contribution in [0.3, 0.4) is 0 Å². The zero-order valence-electron chi connectivity index (χ0n) is 11.4. The van der Waals surface area contributed by atoms with E-state index in [1.165, 1.54) is 0 Å². The lowest BCUT2D eigenvalue weighted by Crippen LogP contribution is -2.64. The summed E-state index contributed by atoms with van der Waals surface area (Å²) in [6, 6.07) is -1.46. The topological polar surface area (TPSA) is 101 Å². The Morgan fingerprint density at radius 2 is 1.24 bits per heavy atom. The summed E-state index contributed by atoms with van der Waals surface area (Å²) in [6.07, 6.45) is 0. The molecule has 0 aromatic rings. The molecule has 0 aliphatic carbocycles. The van der Waals surface area contributed by atoms with E-state index in [0.29, 0.717) is 0 Å². The van der Waals surface area contributed by atoms with Crippen LogP contribution in [0.1, 0.15) is 41.5 Å². The predicted octanol–water partition coefficient (Wildman–Crippen LogP) is 1.56. The highest BCUT2D eigenvalue weighted by atomic mass is 16.4. The largest absolute Gasteiger partial charge is 0.481 e. The second kappa shape index (κ2) is 4.29. The van der Waals surface area contributed by atoms with Gasteiger partial charge < -0.3 is 15.9 Å². The highest BCUT2D eigenvalue weighted by Crippen LogP contribution is 2.53. The van der Waals surface area contributed by atoms with Gasteiger partial charge in [0.1, 0.15) is 11.5 Å². The van der Waals surface area contributed by atoms with E-state index in [4.69, 9.17) is 10.8 Å². The molecule has 0 amide bonds. The molecule has 0 aliphatic rings. The molecular weight excluding hydrogens is 222 g/mol. The molecule has 5 heteroatoms. The Labute approximate surface area is 102 Å². The summed E-state index contributed by atoms with van der Waals surface area (Å²) in [5.41, 5.74) is 2.57. The van der Waals surface area contributed by atoms with E-state index < -0.39 is 34.2 Å². The third kappa shape index (κ3) is 2.29. The maximum absolute atomic E-state index is 11.7. The van der Waals surface area contributed by atoms with Crippen molar-refractivity contribution in [1.29, 1.82) is 0 Å². The molecule has 17 heavy (non-hydrogen) atoms. The van der Waals surface area contributed by atoms with Crippen LogP contribution in [-0.4, -0.2) is 28.2 Å². The van der Waals surface area contributed by atoms with Gasteiger partial charge in [0.15, 0.2) is 0 Å². The molecule has 0 fully saturated rings. The number of hydrogen-bond donors (Lipinski definition) is 3. The Morgan fingerprint density at radius 3 is 1.29 bits per heavy atom. The van der Waals surface area contributed by atoms with Crippen LogP contribution in [0.2, 0.25) is 0 Å². The van der Waals surface area contributed by atoms with E-state index in [2.05, 4.69) is 0 Å². The second-order valence-corrected chi connectivity index (χ2v) is 6.43. The van der Waals surface area contributed by atoms with Gasteiger partial charge in [-0.25, -0.2) is 0 Å². The molecule has 0 saturated carbocycles. The third-order valence-electron chi connectivity index (χ3n) is 3.44. The first-order valence-electron chi connectivity index (χ1n) is 5.52. The van der Waals surface area contributed by atoms with Gasteiger partial charge in [-0.15, -0.1) is 0 Å². The Morgan fingerprint density at radius 1 is 0.941 bits per heavy atom. The predicted molar refractivity (Wildman–Crippen MR) is 64.6 cm³/mol. The maximum atomic E-state index is 11.7. The molecule has 0 aromatic heterocycles. The molecule has 0 aliphatic heterocycles. The van der Waals surface area contributed by atoms with E-state index in [1.54, 1.807) is 41.5 Å². The summed E-state index contributed by atoms with van der Waals surface area (Å²) in [7, 11) is 0. The van der Waals surface area contributed by atoms with Crippen molar-refractivity contribution < 1.29 is 19.8 Å². The number of carbonyl (C=O) groups is 2. The van der Waals surface area contributed by atoms with Crippen molar-refractivity contribution in [3.8, 4) is 0 Å². The summed E-state index contributed by atoms with van der Waals surface area (Å²) in [5.74, 6) is -2.47. The van der Waals surface area contributed by atoms with Crippen LogP contribution in [0.25, 0.3) is 0 Å². The lowest BCUT2D eigenvalue weighted by atomic mass is 9.51. The summed E-state index contributed by atoms with van der Waals surface area (Å²) < 4.78 is 0. The molecule has 0 heterocycles. The lowest BCUT2D eigenvalue weighted by molar-refractivity contribution is -0.179. The fourth-order valence-electron chi connectivity index (χ4n) is 3.02. The number of carboxylic acids is 2. The van der Waals surface area contributed by atoms with Crippen molar-refractivity contribution in [2.24, 2.45) is 22.0 Å². The van der Waals surface area contributed by atoms with Crippen molar-refractivity contribution in [2.45, 2.75) is 47.6 Å². The van der Waals surface area contributed by atoms with Crippen LogP contribution >= 0.6 is 0 Å². The number of carboxylic acid groups (broad SMARTS) is 2. The SMILES string of the molecule is CC(C)(C)C(C(=O)O)([C@@H](N)C(=O)O)C(C)(C)C. The Kier molecular flexibility index (Phi) is 4.01. The van der Waals surface area contributed by atoms with Crippen molar-refractivity contribution in [1.82, 2.24) is 0 Å². The standard InChI is InChI=1S/C12H23NO4/c1-10(2,3)12(9(16)17,11(4,5)6)7(13)8(14)15/h7H,13H2,1-6H3,(H,14,15)(H,16,17)/t7-/m0/s1. The van der Waals surface area contributed by atoms with Gasteiger partial charge in [0, 0.05) is 0 Å². The molecule has 0 bridgehead atoms. The Hall–Kier alpha value is -1.10. The molecule has 0 radical (unpaired) electrons. The van der Waals surface area contributed by atoms with E-state index in [1.807, 2.05) is 0 Å². The first-order chi connectivity index (χ1) is 7.30. The quantitative estimate of drug-likeness (QED) is 0.700. The van der Waals surface area contributed by atoms with E-state index >= 15 is 0 Å². The first kappa shape index (κ1) is 15.9. The minimum atomic E-state index is -1.55. The van der Waals surface area contributed by atoms with Crippen molar-refractivity contribution in [3.63, 3.8) is 0 Å². The number of rotatable bonds is 3. The van der Waals surface area contributed by atoms with Crippen LogP contribution < -0.4 is 5.73 Å². The molecule has 1 atom stereocenters. The van der Waals surface area contributed by atoms with Gasteiger partial charge in [-0.3, -0.25) is 9.59 Å². The van der Waals surface area contributed by atoms with Crippen LogP contribution in [0.5, 0.6) is 0 Å². The van der Waals surface area contributed by atoms with E-state index in [-0.39, 0.29) is 0 Å². The summed E-state index contributed by atoms with van der Waals surface area (Å²) >= 11 is 0. The van der Waals surface area contributed by atoms with Crippen LogP contribution in [0.15, 0.2) is 0 Å². The number of hydrogen-bond acceptors (Lipinski definition) is 3. The fraction of sp³-hybridized carbons (Fsp3) is 0.833. The molecule has 100 valence electrons. The number of aliphatic carboxylic acids is 2. The second-order valence-electron chi connectivity index (χ2n) is 6.43.